The highest BCUT2D eigenvalue weighted by Gasteiger charge is 2.20. The van der Waals surface area contributed by atoms with E-state index in [1.165, 1.54) is 7.11 Å². The molecule has 1 aliphatic heterocycles. The number of ether oxygens (including phenoxy) is 4. The molecule has 1 aromatic heterocycles. The lowest BCUT2D eigenvalue weighted by Crippen LogP contribution is -2.22. The zero-order chi connectivity index (χ0) is 20.1. The Hall–Kier alpha value is -3.45. The minimum Gasteiger partial charge on any atom is -0.493 e. The number of aliphatic hydroxyl groups excluding tert-OH is 1. The Morgan fingerprint density at radius 1 is 0.931 bits per heavy atom. The average molecular weight is 393 g/mol. The van der Waals surface area contributed by atoms with Crippen LogP contribution in [-0.2, 0) is 6.54 Å². The predicted octanol–water partition coefficient (Wildman–Crippen LogP) is 3.05. The number of hydrogen-bond acceptors (Lipinski definition) is 6. The summed E-state index contributed by atoms with van der Waals surface area (Å²) in [5.41, 5.74) is 0.534. The van der Waals surface area contributed by atoms with Crippen LogP contribution in [-0.4, -0.2) is 37.3 Å². The Kier molecular flexibility index (Phi) is 3.99. The van der Waals surface area contributed by atoms with Crippen molar-refractivity contribution in [3.63, 3.8) is 0 Å². The zero-order valence-electron chi connectivity index (χ0n) is 16.0. The number of fused-ring (bicyclic) bond motifs is 6. The molecular formula is C22H19NO6. The van der Waals surface area contributed by atoms with Gasteiger partial charge in [0, 0.05) is 22.7 Å². The van der Waals surface area contributed by atoms with Crippen molar-refractivity contribution in [1.82, 2.24) is 4.57 Å². The molecule has 0 amide bonds. The fourth-order valence-corrected chi connectivity index (χ4v) is 4.04. The monoisotopic (exact) mass is 393 g/mol. The Morgan fingerprint density at radius 2 is 1.62 bits per heavy atom. The van der Waals surface area contributed by atoms with Crippen molar-refractivity contribution in [2.24, 2.45) is 0 Å². The van der Waals surface area contributed by atoms with Gasteiger partial charge in [-0.3, -0.25) is 4.79 Å². The van der Waals surface area contributed by atoms with Gasteiger partial charge < -0.3 is 28.6 Å². The maximum atomic E-state index is 13.4. The lowest BCUT2D eigenvalue weighted by molar-refractivity contribution is 0.174. The molecule has 7 nitrogen and oxygen atoms in total. The molecule has 0 fully saturated rings. The topological polar surface area (TPSA) is 79.2 Å². The number of benzene rings is 3. The minimum atomic E-state index is -0.201. The van der Waals surface area contributed by atoms with Crippen molar-refractivity contribution in [3.05, 3.63) is 46.8 Å². The van der Waals surface area contributed by atoms with Crippen LogP contribution in [0.3, 0.4) is 0 Å². The summed E-state index contributed by atoms with van der Waals surface area (Å²) >= 11 is 0. The van der Waals surface area contributed by atoms with Crippen LogP contribution in [0.2, 0.25) is 0 Å². The predicted molar refractivity (Wildman–Crippen MR) is 110 cm³/mol. The fourth-order valence-electron chi connectivity index (χ4n) is 4.04. The van der Waals surface area contributed by atoms with Gasteiger partial charge in [-0.2, -0.15) is 0 Å². The lowest BCUT2D eigenvalue weighted by Gasteiger charge is -2.16. The van der Waals surface area contributed by atoms with E-state index in [9.17, 15) is 9.90 Å². The first-order valence-electron chi connectivity index (χ1n) is 9.21. The number of rotatable bonds is 4. The molecule has 1 aliphatic rings. The number of pyridine rings is 1. The standard InChI is InChI=1S/C22H19NO6/c1-26-17-9-15-13-4-3-12-7-19-20(29-11-28-19)8-14(12)21(13)23(5-6-24)22(25)16(15)10-18(17)27-2/h3-4,7-10,24H,5-6,11H2,1-2H3. The van der Waals surface area contributed by atoms with Gasteiger partial charge in [0.1, 0.15) is 0 Å². The number of methoxy groups -OCH3 is 2. The van der Waals surface area contributed by atoms with Crippen molar-refractivity contribution in [2.45, 2.75) is 6.54 Å². The summed E-state index contributed by atoms with van der Waals surface area (Å²) in [5.74, 6) is 2.35. The molecule has 5 rings (SSSR count). The molecule has 0 saturated heterocycles. The number of nitrogens with zero attached hydrogens (tertiary/aromatic N) is 1. The molecule has 0 spiro atoms. The van der Waals surface area contributed by atoms with E-state index in [0.717, 1.165) is 27.1 Å². The molecular weight excluding hydrogens is 374 g/mol. The largest absolute Gasteiger partial charge is 0.493 e. The summed E-state index contributed by atoms with van der Waals surface area (Å²) in [6, 6.07) is 11.3. The Morgan fingerprint density at radius 3 is 2.31 bits per heavy atom. The van der Waals surface area contributed by atoms with Crippen LogP contribution in [0.15, 0.2) is 41.2 Å². The zero-order valence-corrected chi connectivity index (χ0v) is 16.0. The smallest absolute Gasteiger partial charge is 0.259 e. The van der Waals surface area contributed by atoms with Gasteiger partial charge in [0.2, 0.25) is 6.79 Å². The summed E-state index contributed by atoms with van der Waals surface area (Å²) in [7, 11) is 3.10. The maximum absolute atomic E-state index is 13.4. The molecule has 148 valence electrons. The first-order chi connectivity index (χ1) is 14.2. The molecule has 7 heteroatoms. The van der Waals surface area contributed by atoms with Gasteiger partial charge in [0.25, 0.3) is 5.56 Å². The second-order valence-corrected chi connectivity index (χ2v) is 6.82. The van der Waals surface area contributed by atoms with E-state index in [4.69, 9.17) is 18.9 Å². The molecule has 0 atom stereocenters. The minimum absolute atomic E-state index is 0.158. The van der Waals surface area contributed by atoms with Gasteiger partial charge in [-0.25, -0.2) is 0 Å². The Balaban J connectivity index is 2.00. The number of aliphatic hydroxyl groups is 1. The molecule has 4 aromatic rings. The van der Waals surface area contributed by atoms with E-state index < -0.39 is 0 Å². The Bertz CT molecular complexity index is 1340. The van der Waals surface area contributed by atoms with Gasteiger partial charge in [-0.15, -0.1) is 0 Å². The highest BCUT2D eigenvalue weighted by molar-refractivity contribution is 6.16. The van der Waals surface area contributed by atoms with E-state index in [-0.39, 0.29) is 25.5 Å². The van der Waals surface area contributed by atoms with Crippen LogP contribution in [0.1, 0.15) is 0 Å². The van der Waals surface area contributed by atoms with Gasteiger partial charge in [-0.1, -0.05) is 12.1 Å². The van der Waals surface area contributed by atoms with E-state index in [1.807, 2.05) is 30.3 Å². The normalized spacial score (nSPS) is 12.8. The Labute approximate surface area is 165 Å². The summed E-state index contributed by atoms with van der Waals surface area (Å²) in [4.78, 5) is 13.4. The van der Waals surface area contributed by atoms with Crippen molar-refractivity contribution in [3.8, 4) is 23.0 Å². The van der Waals surface area contributed by atoms with Crippen molar-refractivity contribution >= 4 is 32.4 Å². The molecule has 29 heavy (non-hydrogen) atoms. The first kappa shape index (κ1) is 17.6. The third-order valence-corrected chi connectivity index (χ3v) is 5.37. The second-order valence-electron chi connectivity index (χ2n) is 6.82. The van der Waals surface area contributed by atoms with Gasteiger partial charge in [0.15, 0.2) is 23.0 Å². The molecule has 0 aliphatic carbocycles. The van der Waals surface area contributed by atoms with Crippen LogP contribution in [0.4, 0.5) is 0 Å². The van der Waals surface area contributed by atoms with Crippen LogP contribution in [0, 0.1) is 0 Å². The van der Waals surface area contributed by atoms with Gasteiger partial charge in [0.05, 0.1) is 31.7 Å². The second kappa shape index (κ2) is 6.56. The van der Waals surface area contributed by atoms with Crippen molar-refractivity contribution in [1.29, 1.82) is 0 Å². The van der Waals surface area contributed by atoms with E-state index in [1.54, 1.807) is 17.7 Å². The lowest BCUT2D eigenvalue weighted by atomic mass is 10.00. The van der Waals surface area contributed by atoms with E-state index in [0.29, 0.717) is 28.4 Å². The SMILES string of the molecule is COc1cc2c(=O)n(CCO)c3c4cc5c(cc4ccc3c2cc1OC)OCO5. The summed E-state index contributed by atoms with van der Waals surface area (Å²) in [6.45, 7) is 0.189. The van der Waals surface area contributed by atoms with Crippen LogP contribution < -0.4 is 24.5 Å². The number of hydrogen-bond donors (Lipinski definition) is 1. The molecule has 1 N–H and O–H groups in total. The third-order valence-electron chi connectivity index (χ3n) is 5.37. The van der Waals surface area contributed by atoms with Crippen molar-refractivity contribution < 1.29 is 24.1 Å². The van der Waals surface area contributed by atoms with Crippen LogP contribution in [0.5, 0.6) is 23.0 Å². The molecule has 0 radical (unpaired) electrons. The summed E-state index contributed by atoms with van der Waals surface area (Å²) in [5, 5.41) is 13.6. The maximum Gasteiger partial charge on any atom is 0.259 e. The van der Waals surface area contributed by atoms with Gasteiger partial charge >= 0.3 is 0 Å². The molecule has 0 saturated carbocycles. The highest BCUT2D eigenvalue weighted by atomic mass is 16.7. The summed E-state index contributed by atoms with van der Waals surface area (Å²) in [6.07, 6.45) is 0. The first-order valence-corrected chi connectivity index (χ1v) is 9.21. The summed E-state index contributed by atoms with van der Waals surface area (Å²) < 4.78 is 23.5. The third kappa shape index (κ3) is 2.51. The molecule has 2 heterocycles. The molecule has 0 bridgehead atoms. The van der Waals surface area contributed by atoms with E-state index in [2.05, 4.69) is 0 Å². The molecule has 3 aromatic carbocycles. The number of aromatic nitrogens is 1. The average Bonchev–Trinajstić information content (AvgIpc) is 3.21. The van der Waals surface area contributed by atoms with Crippen LogP contribution in [0.25, 0.3) is 32.4 Å². The van der Waals surface area contributed by atoms with E-state index >= 15 is 0 Å². The van der Waals surface area contributed by atoms with Crippen LogP contribution >= 0.6 is 0 Å². The highest BCUT2D eigenvalue weighted by Crippen LogP contribution is 2.40. The molecule has 0 unspecified atom stereocenters. The van der Waals surface area contributed by atoms with Gasteiger partial charge in [-0.05, 0) is 29.7 Å². The van der Waals surface area contributed by atoms with Crippen molar-refractivity contribution in [2.75, 3.05) is 27.6 Å². The fraction of sp³-hybridized carbons (Fsp3) is 0.227. The quantitative estimate of drug-likeness (QED) is 0.537.